The molecule has 2 unspecified atom stereocenters. The highest BCUT2D eigenvalue weighted by Gasteiger charge is 2.04. The quantitative estimate of drug-likeness (QED) is 0.764. The van der Waals surface area contributed by atoms with Crippen LogP contribution in [0.1, 0.15) is 24.6 Å². The number of hydrogen-bond acceptors (Lipinski definition) is 3. The summed E-state index contributed by atoms with van der Waals surface area (Å²) in [7, 11) is -0.689. The molecule has 4 nitrogen and oxygen atoms in total. The molecule has 0 aromatic carbocycles. The monoisotopic (exact) mass is 229 g/mol. The zero-order valence-corrected chi connectivity index (χ0v) is 10.4. The van der Waals surface area contributed by atoms with Crippen LogP contribution in [-0.4, -0.2) is 32.5 Å². The number of nitrogens with one attached hydrogen (secondary N) is 2. The minimum Gasteiger partial charge on any atom is -0.310 e. The molecular weight excluding hydrogens is 210 g/mol. The molecule has 0 saturated carbocycles. The van der Waals surface area contributed by atoms with Crippen LogP contribution in [0.15, 0.2) is 6.20 Å². The molecule has 0 aliphatic carbocycles. The summed E-state index contributed by atoms with van der Waals surface area (Å²) >= 11 is 0. The van der Waals surface area contributed by atoms with Crippen molar-refractivity contribution in [2.24, 2.45) is 0 Å². The number of nitrogens with zero attached hydrogens (tertiary/aromatic N) is 1. The summed E-state index contributed by atoms with van der Waals surface area (Å²) in [5.74, 6) is 0.762. The molecule has 2 N–H and O–H groups in total. The number of aryl methyl sites for hydroxylation is 1. The van der Waals surface area contributed by atoms with Gasteiger partial charge in [-0.25, -0.2) is 0 Å². The molecule has 0 aliphatic heterocycles. The number of rotatable bonds is 6. The lowest BCUT2D eigenvalue weighted by Crippen LogP contribution is -2.27. The lowest BCUT2D eigenvalue weighted by molar-refractivity contribution is 0.534. The minimum absolute atomic E-state index is 0.392. The van der Waals surface area contributed by atoms with E-state index in [0.717, 1.165) is 24.4 Å². The average molecular weight is 229 g/mol. The Morgan fingerprint density at radius 1 is 1.67 bits per heavy atom. The van der Waals surface area contributed by atoms with Gasteiger partial charge in [0.25, 0.3) is 0 Å². The standard InChI is InChI=1S/C10H19N3OS/c1-8(4-5-15(3)14)11-6-10-7-12-13-9(10)2/h7-8,11H,4-6H2,1-3H3,(H,12,13). The Hall–Kier alpha value is -0.680. The fourth-order valence-electron chi connectivity index (χ4n) is 1.28. The van der Waals surface area contributed by atoms with Gasteiger partial charge in [-0.3, -0.25) is 9.31 Å². The van der Waals surface area contributed by atoms with Crippen molar-refractivity contribution < 1.29 is 4.21 Å². The smallest absolute Gasteiger partial charge is 0.0535 e. The number of aromatic amines is 1. The summed E-state index contributed by atoms with van der Waals surface area (Å²) in [6.45, 7) is 4.94. The van der Waals surface area contributed by atoms with Gasteiger partial charge in [-0.15, -0.1) is 0 Å². The van der Waals surface area contributed by atoms with Crippen molar-refractivity contribution in [2.45, 2.75) is 32.9 Å². The SMILES string of the molecule is Cc1[nH]ncc1CNC(C)CCS(C)=O. The van der Waals surface area contributed by atoms with Crippen LogP contribution in [0, 0.1) is 6.92 Å². The summed E-state index contributed by atoms with van der Waals surface area (Å²) < 4.78 is 10.9. The maximum atomic E-state index is 10.9. The van der Waals surface area contributed by atoms with E-state index in [4.69, 9.17) is 0 Å². The van der Waals surface area contributed by atoms with Gasteiger partial charge in [0.05, 0.1) is 6.20 Å². The number of aromatic nitrogens is 2. The summed E-state index contributed by atoms with van der Waals surface area (Å²) in [5.41, 5.74) is 2.30. The largest absolute Gasteiger partial charge is 0.310 e. The van der Waals surface area contributed by atoms with E-state index in [0.29, 0.717) is 6.04 Å². The van der Waals surface area contributed by atoms with E-state index in [1.807, 2.05) is 13.1 Å². The van der Waals surface area contributed by atoms with E-state index in [1.165, 1.54) is 5.56 Å². The first-order chi connectivity index (χ1) is 7.09. The predicted molar refractivity (Wildman–Crippen MR) is 63.2 cm³/mol. The zero-order valence-electron chi connectivity index (χ0n) is 9.54. The summed E-state index contributed by atoms with van der Waals surface area (Å²) in [6.07, 6.45) is 4.53. The molecular formula is C10H19N3OS. The molecule has 15 heavy (non-hydrogen) atoms. The van der Waals surface area contributed by atoms with Gasteiger partial charge >= 0.3 is 0 Å². The molecule has 0 aliphatic rings. The van der Waals surface area contributed by atoms with Gasteiger partial charge in [-0.2, -0.15) is 5.10 Å². The maximum Gasteiger partial charge on any atom is 0.0535 e. The molecule has 0 bridgehead atoms. The van der Waals surface area contributed by atoms with Crippen LogP contribution >= 0.6 is 0 Å². The molecule has 2 atom stereocenters. The predicted octanol–water partition coefficient (Wildman–Crippen LogP) is 0.965. The summed E-state index contributed by atoms with van der Waals surface area (Å²) in [6, 6.07) is 0.392. The molecule has 5 heteroatoms. The average Bonchev–Trinajstić information content (AvgIpc) is 2.58. The van der Waals surface area contributed by atoms with Crippen LogP contribution < -0.4 is 5.32 Å². The van der Waals surface area contributed by atoms with Gasteiger partial charge in [0.1, 0.15) is 0 Å². The van der Waals surface area contributed by atoms with Gasteiger partial charge in [-0.1, -0.05) is 0 Å². The van der Waals surface area contributed by atoms with Crippen molar-refractivity contribution in [3.8, 4) is 0 Å². The van der Waals surface area contributed by atoms with Crippen molar-refractivity contribution in [2.75, 3.05) is 12.0 Å². The summed E-state index contributed by atoms with van der Waals surface area (Å²) in [4.78, 5) is 0. The zero-order chi connectivity index (χ0) is 11.3. The lowest BCUT2D eigenvalue weighted by Gasteiger charge is -2.12. The second-order valence-corrected chi connectivity index (χ2v) is 5.42. The van der Waals surface area contributed by atoms with Crippen molar-refractivity contribution in [3.05, 3.63) is 17.5 Å². The van der Waals surface area contributed by atoms with E-state index < -0.39 is 10.8 Å². The van der Waals surface area contributed by atoms with Crippen LogP contribution in [0.3, 0.4) is 0 Å². The molecule has 0 spiro atoms. The first-order valence-electron chi connectivity index (χ1n) is 5.12. The van der Waals surface area contributed by atoms with Gasteiger partial charge in [-0.05, 0) is 20.3 Å². The third kappa shape index (κ3) is 4.57. The molecule has 0 fully saturated rings. The van der Waals surface area contributed by atoms with E-state index >= 15 is 0 Å². The van der Waals surface area contributed by atoms with Crippen molar-refractivity contribution in [3.63, 3.8) is 0 Å². The van der Waals surface area contributed by atoms with E-state index in [-0.39, 0.29) is 0 Å². The van der Waals surface area contributed by atoms with Crippen molar-refractivity contribution in [1.82, 2.24) is 15.5 Å². The van der Waals surface area contributed by atoms with E-state index in [9.17, 15) is 4.21 Å². The first kappa shape index (κ1) is 12.4. The third-order valence-electron chi connectivity index (χ3n) is 2.41. The highest BCUT2D eigenvalue weighted by molar-refractivity contribution is 7.84. The van der Waals surface area contributed by atoms with Gasteiger partial charge in [0, 0.05) is 46.7 Å². The van der Waals surface area contributed by atoms with Crippen LogP contribution in [0.25, 0.3) is 0 Å². The summed E-state index contributed by atoms with van der Waals surface area (Å²) in [5, 5.41) is 10.3. The van der Waals surface area contributed by atoms with Crippen LogP contribution in [0.4, 0.5) is 0 Å². The van der Waals surface area contributed by atoms with E-state index in [1.54, 1.807) is 6.26 Å². The topological polar surface area (TPSA) is 57.8 Å². The first-order valence-corrected chi connectivity index (χ1v) is 6.84. The van der Waals surface area contributed by atoms with Gasteiger partial charge < -0.3 is 5.32 Å². The van der Waals surface area contributed by atoms with Gasteiger partial charge in [0.15, 0.2) is 0 Å². The van der Waals surface area contributed by atoms with Crippen LogP contribution in [0.2, 0.25) is 0 Å². The molecule has 1 heterocycles. The minimum atomic E-state index is -0.689. The highest BCUT2D eigenvalue weighted by atomic mass is 32.2. The molecule has 1 aromatic rings. The molecule has 1 rings (SSSR count). The molecule has 0 amide bonds. The number of H-pyrrole nitrogens is 1. The van der Waals surface area contributed by atoms with E-state index in [2.05, 4.69) is 22.4 Å². The lowest BCUT2D eigenvalue weighted by atomic mass is 10.2. The van der Waals surface area contributed by atoms with Crippen molar-refractivity contribution in [1.29, 1.82) is 0 Å². The molecule has 0 saturated heterocycles. The Morgan fingerprint density at radius 2 is 2.40 bits per heavy atom. The fourth-order valence-corrected chi connectivity index (χ4v) is 1.97. The number of hydrogen-bond donors (Lipinski definition) is 2. The third-order valence-corrected chi connectivity index (χ3v) is 3.22. The second kappa shape index (κ2) is 6.02. The fraction of sp³-hybridized carbons (Fsp3) is 0.700. The Morgan fingerprint density at radius 3 is 2.93 bits per heavy atom. The molecule has 86 valence electrons. The Bertz CT molecular complexity index is 324. The Labute approximate surface area is 93.3 Å². The molecule has 0 radical (unpaired) electrons. The van der Waals surface area contributed by atoms with Crippen molar-refractivity contribution >= 4 is 10.8 Å². The highest BCUT2D eigenvalue weighted by Crippen LogP contribution is 2.03. The van der Waals surface area contributed by atoms with Crippen LogP contribution in [0.5, 0.6) is 0 Å². The van der Waals surface area contributed by atoms with Crippen LogP contribution in [-0.2, 0) is 17.3 Å². The second-order valence-electron chi connectivity index (χ2n) is 3.87. The Balaban J connectivity index is 2.25. The van der Waals surface area contributed by atoms with Gasteiger partial charge in [0.2, 0.25) is 0 Å². The maximum absolute atomic E-state index is 10.9. The molecule has 1 aromatic heterocycles. The normalized spacial score (nSPS) is 15.1. The Kier molecular flexibility index (Phi) is 4.98.